The summed E-state index contributed by atoms with van der Waals surface area (Å²) < 4.78 is 5.44. The Balaban J connectivity index is 1.28. The Bertz CT molecular complexity index is 603. The van der Waals surface area contributed by atoms with Crippen LogP contribution in [-0.2, 0) is 4.74 Å². The Kier molecular flexibility index (Phi) is 5.41. The number of hydrogen-bond donors (Lipinski definition) is 1. The van der Waals surface area contributed by atoms with Crippen molar-refractivity contribution in [1.29, 1.82) is 0 Å². The summed E-state index contributed by atoms with van der Waals surface area (Å²) in [5.41, 5.74) is 0.694. The molecule has 0 aromatic carbocycles. The highest BCUT2D eigenvalue weighted by atomic mass is 16.5. The molecule has 2 aliphatic heterocycles. The van der Waals surface area contributed by atoms with Crippen molar-refractivity contribution in [2.45, 2.75) is 44.7 Å². The molecule has 2 saturated heterocycles. The molecule has 6 heteroatoms. The highest BCUT2D eigenvalue weighted by Gasteiger charge is 2.29. The molecule has 0 bridgehead atoms. The van der Waals surface area contributed by atoms with Crippen molar-refractivity contribution < 1.29 is 9.53 Å². The predicted octanol–water partition coefficient (Wildman–Crippen LogP) is 2.23. The highest BCUT2D eigenvalue weighted by Crippen LogP contribution is 2.33. The van der Waals surface area contributed by atoms with E-state index in [2.05, 4.69) is 22.1 Å². The number of piperidine rings is 1. The van der Waals surface area contributed by atoms with Crippen molar-refractivity contribution in [3.8, 4) is 0 Å². The summed E-state index contributed by atoms with van der Waals surface area (Å²) in [5, 5.41) is 3.44. The molecule has 3 fully saturated rings. The van der Waals surface area contributed by atoms with Crippen LogP contribution in [-0.4, -0.2) is 72.2 Å². The van der Waals surface area contributed by atoms with E-state index in [1.54, 1.807) is 6.20 Å². The normalized spacial score (nSPS) is 23.7. The molecule has 1 amide bonds. The van der Waals surface area contributed by atoms with Gasteiger partial charge in [0.15, 0.2) is 0 Å². The third-order valence-corrected chi connectivity index (χ3v) is 6.03. The van der Waals surface area contributed by atoms with Gasteiger partial charge < -0.3 is 15.0 Å². The summed E-state index contributed by atoms with van der Waals surface area (Å²) in [6, 6.07) is 4.90. The minimum atomic E-state index is 0.111. The zero-order valence-corrected chi connectivity index (χ0v) is 15.7. The first-order valence-electron chi connectivity index (χ1n) is 10.0. The van der Waals surface area contributed by atoms with Crippen molar-refractivity contribution in [2.24, 2.45) is 5.92 Å². The summed E-state index contributed by atoms with van der Waals surface area (Å²) in [6.07, 6.45) is 6.45. The molecule has 26 heavy (non-hydrogen) atoms. The number of hydrogen-bond acceptors (Lipinski definition) is 5. The molecule has 3 aliphatic rings. The Morgan fingerprint density at radius 2 is 1.88 bits per heavy atom. The lowest BCUT2D eigenvalue weighted by molar-refractivity contribution is 0.00158. The molecule has 0 spiro atoms. The number of rotatable bonds is 5. The minimum Gasteiger partial charge on any atom is -0.379 e. The second kappa shape index (κ2) is 7.92. The van der Waals surface area contributed by atoms with E-state index in [4.69, 9.17) is 4.74 Å². The van der Waals surface area contributed by atoms with Gasteiger partial charge in [-0.1, -0.05) is 0 Å². The van der Waals surface area contributed by atoms with Gasteiger partial charge in [-0.05, 0) is 50.7 Å². The van der Waals surface area contributed by atoms with Gasteiger partial charge in [-0.2, -0.15) is 0 Å². The smallest absolute Gasteiger partial charge is 0.255 e. The fraction of sp³-hybridized carbons (Fsp3) is 0.700. The van der Waals surface area contributed by atoms with Crippen LogP contribution in [0.15, 0.2) is 18.3 Å². The molecule has 1 aromatic rings. The molecular formula is C20H30N4O2. The molecule has 142 valence electrons. The van der Waals surface area contributed by atoms with E-state index < -0.39 is 0 Å². The van der Waals surface area contributed by atoms with Crippen LogP contribution < -0.4 is 5.32 Å². The fourth-order valence-corrected chi connectivity index (χ4v) is 4.11. The molecular weight excluding hydrogens is 328 g/mol. The number of anilines is 1. The lowest BCUT2D eigenvalue weighted by Gasteiger charge is -2.40. The van der Waals surface area contributed by atoms with Gasteiger partial charge in [0.1, 0.15) is 5.82 Å². The van der Waals surface area contributed by atoms with E-state index in [0.29, 0.717) is 17.6 Å². The molecule has 6 nitrogen and oxygen atoms in total. The van der Waals surface area contributed by atoms with E-state index >= 15 is 0 Å². The summed E-state index contributed by atoms with van der Waals surface area (Å²) in [5.74, 6) is 1.76. The van der Waals surface area contributed by atoms with E-state index in [9.17, 15) is 4.79 Å². The molecule has 1 atom stereocenters. The molecule has 0 radical (unpaired) electrons. The maximum Gasteiger partial charge on any atom is 0.255 e. The van der Waals surface area contributed by atoms with Gasteiger partial charge >= 0.3 is 0 Å². The first-order valence-corrected chi connectivity index (χ1v) is 10.0. The minimum absolute atomic E-state index is 0.111. The second-order valence-corrected chi connectivity index (χ2v) is 7.87. The average molecular weight is 358 g/mol. The van der Waals surface area contributed by atoms with Crippen LogP contribution in [0.4, 0.5) is 5.82 Å². The Labute approximate surface area is 155 Å². The Hall–Kier alpha value is -1.66. The lowest BCUT2D eigenvalue weighted by Crippen LogP contribution is -2.50. The molecule has 1 aromatic heterocycles. The summed E-state index contributed by atoms with van der Waals surface area (Å²) in [6.45, 7) is 7.60. The van der Waals surface area contributed by atoms with E-state index in [1.807, 2.05) is 17.0 Å². The first-order chi connectivity index (χ1) is 12.7. The van der Waals surface area contributed by atoms with Crippen LogP contribution >= 0.6 is 0 Å². The van der Waals surface area contributed by atoms with E-state index in [-0.39, 0.29) is 5.91 Å². The maximum absolute atomic E-state index is 12.8. The lowest BCUT2D eigenvalue weighted by atomic mass is 10.0. The van der Waals surface area contributed by atoms with Crippen LogP contribution in [0.1, 0.15) is 43.0 Å². The number of aromatic nitrogens is 1. The zero-order chi connectivity index (χ0) is 17.9. The molecule has 4 rings (SSSR count). The van der Waals surface area contributed by atoms with E-state index in [1.165, 1.54) is 12.8 Å². The third kappa shape index (κ3) is 4.18. The van der Waals surface area contributed by atoms with Crippen molar-refractivity contribution >= 4 is 11.7 Å². The van der Waals surface area contributed by atoms with Gasteiger partial charge in [0.25, 0.3) is 5.91 Å². The monoisotopic (exact) mass is 358 g/mol. The number of nitrogens with zero attached hydrogens (tertiary/aromatic N) is 3. The number of carbonyl (C=O) groups is 1. The zero-order valence-electron chi connectivity index (χ0n) is 15.7. The Morgan fingerprint density at radius 1 is 1.15 bits per heavy atom. The number of pyridine rings is 1. The number of likely N-dealkylation sites (tertiary alicyclic amines) is 1. The number of carbonyl (C=O) groups excluding carboxylic acids is 1. The highest BCUT2D eigenvalue weighted by molar-refractivity contribution is 5.94. The number of morpholine rings is 1. The second-order valence-electron chi connectivity index (χ2n) is 7.87. The molecule has 1 unspecified atom stereocenters. The first kappa shape index (κ1) is 17.7. The summed E-state index contributed by atoms with van der Waals surface area (Å²) in [7, 11) is 0. The van der Waals surface area contributed by atoms with Crippen molar-refractivity contribution in [3.63, 3.8) is 0 Å². The van der Waals surface area contributed by atoms with Crippen LogP contribution in [0.2, 0.25) is 0 Å². The van der Waals surface area contributed by atoms with Gasteiger partial charge in [-0.15, -0.1) is 0 Å². The SMILES string of the molecule is CC(Nc1ccc(C(=O)N2CCC(N3CCOCC3)CC2)cn1)C1CC1. The number of ether oxygens (including phenoxy) is 1. The molecule has 1 aliphatic carbocycles. The molecule has 1 saturated carbocycles. The molecule has 1 N–H and O–H groups in total. The summed E-state index contributed by atoms with van der Waals surface area (Å²) in [4.78, 5) is 21.7. The van der Waals surface area contributed by atoms with Gasteiger partial charge in [0.05, 0.1) is 18.8 Å². The standard InChI is InChI=1S/C20H30N4O2/c1-15(16-2-3-16)22-19-5-4-17(14-21-19)20(25)24-8-6-18(7-9-24)23-10-12-26-13-11-23/h4-5,14-16,18H,2-3,6-13H2,1H3,(H,21,22). The molecule has 3 heterocycles. The van der Waals surface area contributed by atoms with Crippen LogP contribution in [0, 0.1) is 5.92 Å². The van der Waals surface area contributed by atoms with Gasteiger partial charge in [-0.25, -0.2) is 4.98 Å². The van der Waals surface area contributed by atoms with Crippen LogP contribution in [0.3, 0.4) is 0 Å². The van der Waals surface area contributed by atoms with Gasteiger partial charge in [0, 0.05) is 44.5 Å². The van der Waals surface area contributed by atoms with Gasteiger partial charge in [0.2, 0.25) is 0 Å². The van der Waals surface area contributed by atoms with E-state index in [0.717, 1.165) is 64.0 Å². The van der Waals surface area contributed by atoms with Crippen LogP contribution in [0.25, 0.3) is 0 Å². The van der Waals surface area contributed by atoms with Crippen molar-refractivity contribution in [3.05, 3.63) is 23.9 Å². The van der Waals surface area contributed by atoms with Crippen molar-refractivity contribution in [1.82, 2.24) is 14.8 Å². The third-order valence-electron chi connectivity index (χ3n) is 6.03. The average Bonchev–Trinajstić information content (AvgIpc) is 3.54. The van der Waals surface area contributed by atoms with Gasteiger partial charge in [-0.3, -0.25) is 9.69 Å². The summed E-state index contributed by atoms with van der Waals surface area (Å²) >= 11 is 0. The topological polar surface area (TPSA) is 57.7 Å². The largest absolute Gasteiger partial charge is 0.379 e. The Morgan fingerprint density at radius 3 is 2.50 bits per heavy atom. The number of nitrogens with one attached hydrogen (secondary N) is 1. The number of amides is 1. The fourth-order valence-electron chi connectivity index (χ4n) is 4.11. The predicted molar refractivity (Wildman–Crippen MR) is 101 cm³/mol. The maximum atomic E-state index is 12.8. The van der Waals surface area contributed by atoms with Crippen LogP contribution in [0.5, 0.6) is 0 Å². The van der Waals surface area contributed by atoms with Crippen molar-refractivity contribution in [2.75, 3.05) is 44.7 Å². The quantitative estimate of drug-likeness (QED) is 0.875.